The average molecular weight is 274 g/mol. The molecule has 0 bridgehead atoms. The van der Waals surface area contributed by atoms with Gasteiger partial charge in [0.15, 0.2) is 5.11 Å². The number of para-hydroxylation sites is 1. The highest BCUT2D eigenvalue weighted by molar-refractivity contribution is 7.80. The Morgan fingerprint density at radius 2 is 2.00 bits per heavy atom. The number of hydrogen-bond acceptors (Lipinski definition) is 2. The van der Waals surface area contributed by atoms with Crippen LogP contribution >= 0.6 is 12.2 Å². The minimum Gasteiger partial charge on any atom is -0.358 e. The van der Waals surface area contributed by atoms with Crippen molar-refractivity contribution < 1.29 is 4.79 Å². The lowest BCUT2D eigenvalue weighted by Crippen LogP contribution is -2.61. The minimum absolute atomic E-state index is 0.0834. The molecule has 1 N–H and O–H groups in total. The quantitative estimate of drug-likeness (QED) is 0.799. The average Bonchev–Trinajstić information content (AvgIpc) is 2.41. The summed E-state index contributed by atoms with van der Waals surface area (Å²) >= 11 is 5.41. The van der Waals surface area contributed by atoms with Crippen LogP contribution in [0.25, 0.3) is 0 Å². The first-order chi connectivity index (χ1) is 9.18. The second kappa shape index (κ2) is 4.93. The van der Waals surface area contributed by atoms with Gasteiger partial charge >= 0.3 is 0 Å². The van der Waals surface area contributed by atoms with Gasteiger partial charge in [0.05, 0.1) is 11.6 Å². The molecule has 0 radical (unpaired) electrons. The van der Waals surface area contributed by atoms with Crippen molar-refractivity contribution >= 4 is 28.9 Å². The SMILES string of the molecule is Cc1ccccc1N1C(=O)C2CCCCC2NC1=S. The molecule has 3 nitrogen and oxygen atoms in total. The standard InChI is InChI=1S/C15H18N2OS/c1-10-6-2-5-9-13(10)17-14(18)11-7-3-4-8-12(11)16-15(17)19/h2,5-6,9,11-12H,3-4,7-8H2,1H3,(H,16,19). The van der Waals surface area contributed by atoms with Crippen LogP contribution in [0.1, 0.15) is 31.2 Å². The third kappa shape index (κ3) is 2.14. The minimum atomic E-state index is 0.0834. The number of thiocarbonyl (C=S) groups is 1. The number of hydrogen-bond donors (Lipinski definition) is 1. The van der Waals surface area contributed by atoms with E-state index < -0.39 is 0 Å². The van der Waals surface area contributed by atoms with E-state index in [0.717, 1.165) is 30.5 Å². The lowest BCUT2D eigenvalue weighted by molar-refractivity contribution is -0.123. The van der Waals surface area contributed by atoms with Gasteiger partial charge in [-0.3, -0.25) is 9.69 Å². The molecule has 1 saturated heterocycles. The highest BCUT2D eigenvalue weighted by Crippen LogP contribution is 2.32. The van der Waals surface area contributed by atoms with Crippen molar-refractivity contribution in [2.75, 3.05) is 4.90 Å². The van der Waals surface area contributed by atoms with Gasteiger partial charge in [-0.2, -0.15) is 0 Å². The zero-order valence-corrected chi connectivity index (χ0v) is 11.9. The second-order valence-corrected chi connectivity index (χ2v) is 5.79. The number of aryl methyl sites for hydroxylation is 1. The van der Waals surface area contributed by atoms with E-state index in [9.17, 15) is 4.79 Å². The van der Waals surface area contributed by atoms with E-state index in [0.29, 0.717) is 5.11 Å². The number of rotatable bonds is 1. The summed E-state index contributed by atoms with van der Waals surface area (Å²) in [5, 5.41) is 3.92. The number of nitrogens with one attached hydrogen (secondary N) is 1. The van der Waals surface area contributed by atoms with Crippen LogP contribution in [0.15, 0.2) is 24.3 Å². The number of amides is 1. The molecule has 19 heavy (non-hydrogen) atoms. The number of anilines is 1. The van der Waals surface area contributed by atoms with E-state index in [4.69, 9.17) is 12.2 Å². The summed E-state index contributed by atoms with van der Waals surface area (Å²) in [5.41, 5.74) is 1.99. The van der Waals surface area contributed by atoms with E-state index >= 15 is 0 Å². The molecule has 1 aliphatic heterocycles. The zero-order chi connectivity index (χ0) is 13.4. The summed E-state index contributed by atoms with van der Waals surface area (Å²) in [6, 6.07) is 8.15. The topological polar surface area (TPSA) is 32.3 Å². The van der Waals surface area contributed by atoms with Crippen molar-refractivity contribution in [3.63, 3.8) is 0 Å². The largest absolute Gasteiger partial charge is 0.358 e. The van der Waals surface area contributed by atoms with E-state index in [2.05, 4.69) is 5.32 Å². The molecule has 2 aliphatic rings. The number of carbonyl (C=O) groups excluding carboxylic acids is 1. The predicted octanol–water partition coefficient (Wildman–Crippen LogP) is 2.77. The Bertz CT molecular complexity index is 529. The van der Waals surface area contributed by atoms with Crippen molar-refractivity contribution in [1.29, 1.82) is 0 Å². The van der Waals surface area contributed by atoms with Crippen molar-refractivity contribution in [1.82, 2.24) is 5.32 Å². The molecule has 1 heterocycles. The number of carbonyl (C=O) groups is 1. The maximum absolute atomic E-state index is 12.7. The molecule has 1 aromatic rings. The summed E-state index contributed by atoms with van der Waals surface area (Å²) in [5.74, 6) is 0.253. The summed E-state index contributed by atoms with van der Waals surface area (Å²) < 4.78 is 0. The van der Waals surface area contributed by atoms with Gasteiger partial charge in [0.2, 0.25) is 5.91 Å². The zero-order valence-electron chi connectivity index (χ0n) is 11.1. The number of fused-ring (bicyclic) bond motifs is 1. The van der Waals surface area contributed by atoms with Gasteiger partial charge in [0.1, 0.15) is 0 Å². The van der Waals surface area contributed by atoms with Crippen LogP contribution in [0.5, 0.6) is 0 Å². The maximum Gasteiger partial charge on any atom is 0.238 e. The fourth-order valence-electron chi connectivity index (χ4n) is 3.13. The van der Waals surface area contributed by atoms with Gasteiger partial charge in [-0.1, -0.05) is 31.0 Å². The molecule has 1 aromatic carbocycles. The Morgan fingerprint density at radius 3 is 2.79 bits per heavy atom. The normalized spacial score (nSPS) is 26.9. The van der Waals surface area contributed by atoms with Crippen molar-refractivity contribution in [2.24, 2.45) is 5.92 Å². The van der Waals surface area contributed by atoms with Crippen LogP contribution in [0, 0.1) is 12.8 Å². The summed E-state index contributed by atoms with van der Waals surface area (Å²) in [4.78, 5) is 14.4. The first-order valence-corrected chi connectivity index (χ1v) is 7.29. The molecule has 2 atom stereocenters. The Hall–Kier alpha value is -1.42. The van der Waals surface area contributed by atoms with Crippen LogP contribution in [-0.4, -0.2) is 17.1 Å². The van der Waals surface area contributed by atoms with Crippen LogP contribution in [0.4, 0.5) is 5.69 Å². The molecule has 2 fully saturated rings. The molecule has 100 valence electrons. The van der Waals surface area contributed by atoms with Gasteiger partial charge in [0, 0.05) is 6.04 Å². The molecule has 4 heteroatoms. The lowest BCUT2D eigenvalue weighted by atomic mass is 9.82. The van der Waals surface area contributed by atoms with Crippen molar-refractivity contribution in [3.8, 4) is 0 Å². The van der Waals surface area contributed by atoms with Crippen LogP contribution in [0.3, 0.4) is 0 Å². The van der Waals surface area contributed by atoms with E-state index in [1.165, 1.54) is 6.42 Å². The Labute approximate surface area is 119 Å². The van der Waals surface area contributed by atoms with Crippen LogP contribution in [-0.2, 0) is 4.79 Å². The summed E-state index contributed by atoms with van der Waals surface area (Å²) in [6.45, 7) is 2.01. The highest BCUT2D eigenvalue weighted by Gasteiger charge is 2.41. The first-order valence-electron chi connectivity index (χ1n) is 6.88. The number of nitrogens with zero attached hydrogens (tertiary/aromatic N) is 1. The fourth-order valence-corrected chi connectivity index (χ4v) is 3.47. The van der Waals surface area contributed by atoms with Gasteiger partial charge in [-0.05, 0) is 43.6 Å². The van der Waals surface area contributed by atoms with Crippen molar-refractivity contribution in [3.05, 3.63) is 29.8 Å². The highest BCUT2D eigenvalue weighted by atomic mass is 32.1. The van der Waals surface area contributed by atoms with Crippen molar-refractivity contribution in [2.45, 2.75) is 38.6 Å². The lowest BCUT2D eigenvalue weighted by Gasteiger charge is -2.42. The maximum atomic E-state index is 12.7. The molecule has 0 aromatic heterocycles. The van der Waals surface area contributed by atoms with Gasteiger partial charge < -0.3 is 5.32 Å². The molecule has 1 aliphatic carbocycles. The molecular weight excluding hydrogens is 256 g/mol. The van der Waals surface area contributed by atoms with Crippen LogP contribution < -0.4 is 10.2 Å². The number of benzene rings is 1. The summed E-state index contributed by atoms with van der Waals surface area (Å²) in [6.07, 6.45) is 4.36. The second-order valence-electron chi connectivity index (χ2n) is 5.41. The Morgan fingerprint density at radius 1 is 1.26 bits per heavy atom. The fraction of sp³-hybridized carbons (Fsp3) is 0.467. The Balaban J connectivity index is 1.95. The van der Waals surface area contributed by atoms with E-state index in [1.54, 1.807) is 4.90 Å². The summed E-state index contributed by atoms with van der Waals surface area (Å²) in [7, 11) is 0. The van der Waals surface area contributed by atoms with Gasteiger partial charge in [-0.25, -0.2) is 0 Å². The molecule has 0 spiro atoms. The molecule has 3 rings (SSSR count). The van der Waals surface area contributed by atoms with Gasteiger partial charge in [-0.15, -0.1) is 0 Å². The van der Waals surface area contributed by atoms with E-state index in [-0.39, 0.29) is 17.9 Å². The molecule has 1 amide bonds. The van der Waals surface area contributed by atoms with Crippen LogP contribution in [0.2, 0.25) is 0 Å². The Kier molecular flexibility index (Phi) is 3.27. The van der Waals surface area contributed by atoms with Gasteiger partial charge in [0.25, 0.3) is 0 Å². The first kappa shape index (κ1) is 12.6. The van der Waals surface area contributed by atoms with E-state index in [1.807, 2.05) is 31.2 Å². The third-order valence-corrected chi connectivity index (χ3v) is 4.47. The monoisotopic (exact) mass is 274 g/mol. The molecule has 1 saturated carbocycles. The third-order valence-electron chi connectivity index (χ3n) is 4.17. The molecule has 2 unspecified atom stereocenters. The smallest absolute Gasteiger partial charge is 0.238 e. The predicted molar refractivity (Wildman–Crippen MR) is 80.1 cm³/mol. The molecular formula is C15H18N2OS.